The topological polar surface area (TPSA) is 38.0 Å². The Kier molecular flexibility index (Phi) is 3.87. The molecule has 2 fully saturated rings. The summed E-state index contributed by atoms with van der Waals surface area (Å²) in [4.78, 5) is 0. The van der Waals surface area contributed by atoms with E-state index < -0.39 is 0 Å². The minimum absolute atomic E-state index is 0.461. The van der Waals surface area contributed by atoms with E-state index in [1.54, 1.807) is 0 Å². The van der Waals surface area contributed by atoms with Crippen LogP contribution in [0.4, 0.5) is 0 Å². The maximum atomic E-state index is 5.90. The van der Waals surface area contributed by atoms with E-state index in [0.717, 1.165) is 24.2 Å². The molecule has 0 amide bonds. The summed E-state index contributed by atoms with van der Waals surface area (Å²) in [5, 5.41) is 0. The van der Waals surface area contributed by atoms with Gasteiger partial charge >= 0.3 is 0 Å². The monoisotopic (exact) mass is 272 g/mol. The first-order valence-corrected chi connectivity index (χ1v) is 8.14. The summed E-state index contributed by atoms with van der Waals surface area (Å²) in [6.07, 6.45) is 6.81. The van der Waals surface area contributed by atoms with Gasteiger partial charge in [0.25, 0.3) is 0 Å². The highest BCUT2D eigenvalue weighted by Gasteiger charge is 2.53. The van der Waals surface area contributed by atoms with Crippen LogP contribution in [0.1, 0.15) is 47.9 Å². The van der Waals surface area contributed by atoms with Crippen molar-refractivity contribution in [2.75, 3.05) is 0 Å². The van der Waals surface area contributed by atoms with Crippen LogP contribution in [0.2, 0.25) is 0 Å². The van der Waals surface area contributed by atoms with Crippen LogP contribution in [0.3, 0.4) is 0 Å². The second kappa shape index (κ2) is 5.50. The van der Waals surface area contributed by atoms with Crippen molar-refractivity contribution in [3.8, 4) is 0 Å². The fraction of sp³-hybridized carbons (Fsp3) is 0.667. The molecule has 3 N–H and O–H groups in total. The fourth-order valence-electron chi connectivity index (χ4n) is 4.70. The van der Waals surface area contributed by atoms with Gasteiger partial charge in [0.2, 0.25) is 0 Å². The van der Waals surface area contributed by atoms with Crippen LogP contribution in [-0.2, 0) is 6.42 Å². The average molecular weight is 272 g/mol. The summed E-state index contributed by atoms with van der Waals surface area (Å²) in [6.45, 7) is 6.66. The summed E-state index contributed by atoms with van der Waals surface area (Å²) >= 11 is 0. The Bertz CT molecular complexity index is 459. The van der Waals surface area contributed by atoms with Gasteiger partial charge in [-0.05, 0) is 74.5 Å². The molecule has 3 unspecified atom stereocenters. The minimum atomic E-state index is 0.461. The van der Waals surface area contributed by atoms with Crippen LogP contribution in [-0.4, -0.2) is 6.04 Å². The molecule has 1 aromatic rings. The first-order chi connectivity index (χ1) is 9.61. The Morgan fingerprint density at radius 1 is 1.10 bits per heavy atom. The number of benzene rings is 1. The lowest BCUT2D eigenvalue weighted by Gasteiger charge is -2.20. The largest absolute Gasteiger partial charge is 0.271 e. The van der Waals surface area contributed by atoms with E-state index in [-0.39, 0.29) is 0 Å². The number of aryl methyl sites for hydroxylation is 3. The second-order valence-electron chi connectivity index (χ2n) is 7.04. The molecule has 2 aliphatic rings. The molecular weight excluding hydrogens is 244 g/mol. The molecule has 2 saturated carbocycles. The van der Waals surface area contributed by atoms with Crippen molar-refractivity contribution in [3.05, 3.63) is 34.4 Å². The van der Waals surface area contributed by atoms with Crippen LogP contribution in [0, 0.1) is 38.5 Å². The predicted octanol–water partition coefficient (Wildman–Crippen LogP) is 3.42. The van der Waals surface area contributed by atoms with Crippen LogP contribution in [0.25, 0.3) is 0 Å². The lowest BCUT2D eigenvalue weighted by molar-refractivity contribution is 0.436. The van der Waals surface area contributed by atoms with E-state index in [4.69, 9.17) is 5.84 Å². The Labute approximate surface area is 123 Å². The number of fused-ring (bicyclic) bond motifs is 1. The molecule has 0 aliphatic heterocycles. The Morgan fingerprint density at radius 3 is 2.15 bits per heavy atom. The summed E-state index contributed by atoms with van der Waals surface area (Å²) in [5.74, 6) is 8.63. The third-order valence-electron chi connectivity index (χ3n) is 5.67. The quantitative estimate of drug-likeness (QED) is 0.651. The third-order valence-corrected chi connectivity index (χ3v) is 5.67. The molecule has 2 heteroatoms. The third kappa shape index (κ3) is 2.51. The van der Waals surface area contributed by atoms with E-state index in [2.05, 4.69) is 38.3 Å². The zero-order valence-corrected chi connectivity index (χ0v) is 13.1. The number of hydrazine groups is 1. The molecule has 0 radical (unpaired) electrons. The number of hydrogen-bond donors (Lipinski definition) is 2. The summed E-state index contributed by atoms with van der Waals surface area (Å²) in [6, 6.07) is 5.06. The van der Waals surface area contributed by atoms with E-state index in [1.165, 1.54) is 47.9 Å². The summed E-state index contributed by atoms with van der Waals surface area (Å²) in [7, 11) is 0. The molecule has 0 heterocycles. The first-order valence-electron chi connectivity index (χ1n) is 8.14. The van der Waals surface area contributed by atoms with Crippen molar-refractivity contribution in [3.63, 3.8) is 0 Å². The molecule has 1 aromatic carbocycles. The minimum Gasteiger partial charge on any atom is -0.271 e. The van der Waals surface area contributed by atoms with Gasteiger partial charge in [-0.3, -0.25) is 11.3 Å². The molecule has 2 nitrogen and oxygen atoms in total. The van der Waals surface area contributed by atoms with E-state index in [9.17, 15) is 0 Å². The fourth-order valence-corrected chi connectivity index (χ4v) is 4.70. The van der Waals surface area contributed by atoms with Crippen molar-refractivity contribution < 1.29 is 0 Å². The average Bonchev–Trinajstić information content (AvgIpc) is 3.12. The lowest BCUT2D eigenvalue weighted by atomic mass is 9.92. The SMILES string of the molecule is Cc1cc(C)c(CC(NN)C2C3CCCCC32)c(C)c1. The van der Waals surface area contributed by atoms with Crippen LogP contribution in [0.15, 0.2) is 12.1 Å². The van der Waals surface area contributed by atoms with E-state index in [1.807, 2.05) is 0 Å². The first kappa shape index (κ1) is 14.1. The molecule has 110 valence electrons. The zero-order chi connectivity index (χ0) is 14.3. The van der Waals surface area contributed by atoms with Gasteiger partial charge in [0.05, 0.1) is 0 Å². The highest BCUT2D eigenvalue weighted by atomic mass is 15.2. The lowest BCUT2D eigenvalue weighted by Crippen LogP contribution is -2.39. The summed E-state index contributed by atoms with van der Waals surface area (Å²) in [5.41, 5.74) is 8.85. The van der Waals surface area contributed by atoms with Crippen LogP contribution in [0.5, 0.6) is 0 Å². The second-order valence-corrected chi connectivity index (χ2v) is 7.04. The van der Waals surface area contributed by atoms with Gasteiger partial charge in [0.15, 0.2) is 0 Å². The number of rotatable bonds is 4. The standard InChI is InChI=1S/C18H28N2/c1-11-8-12(2)16(13(3)9-11)10-17(20-19)18-14-6-4-5-7-15(14)18/h8-9,14-15,17-18,20H,4-7,10,19H2,1-3H3. The smallest absolute Gasteiger partial charge is 0.0284 e. The Balaban J connectivity index is 1.76. The van der Waals surface area contributed by atoms with Gasteiger partial charge in [-0.1, -0.05) is 30.5 Å². The van der Waals surface area contributed by atoms with E-state index >= 15 is 0 Å². The molecule has 3 rings (SSSR count). The van der Waals surface area contributed by atoms with Gasteiger partial charge in [0.1, 0.15) is 0 Å². The number of nitrogens with one attached hydrogen (secondary N) is 1. The molecular formula is C18H28N2. The zero-order valence-electron chi connectivity index (χ0n) is 13.1. The van der Waals surface area contributed by atoms with Crippen molar-refractivity contribution in [1.29, 1.82) is 0 Å². The van der Waals surface area contributed by atoms with E-state index in [0.29, 0.717) is 6.04 Å². The molecule has 0 saturated heterocycles. The normalized spacial score (nSPS) is 29.9. The highest BCUT2D eigenvalue weighted by Crippen LogP contribution is 2.57. The number of nitrogens with two attached hydrogens (primary N) is 1. The van der Waals surface area contributed by atoms with Gasteiger partial charge in [0, 0.05) is 6.04 Å². The van der Waals surface area contributed by atoms with Gasteiger partial charge in [-0.25, -0.2) is 0 Å². The van der Waals surface area contributed by atoms with Gasteiger partial charge < -0.3 is 0 Å². The molecule has 2 aliphatic carbocycles. The molecule has 0 aromatic heterocycles. The van der Waals surface area contributed by atoms with Gasteiger partial charge in [-0.2, -0.15) is 0 Å². The van der Waals surface area contributed by atoms with Crippen LogP contribution < -0.4 is 11.3 Å². The predicted molar refractivity (Wildman–Crippen MR) is 84.4 cm³/mol. The highest BCUT2D eigenvalue weighted by molar-refractivity contribution is 5.38. The Morgan fingerprint density at radius 2 is 1.65 bits per heavy atom. The maximum Gasteiger partial charge on any atom is 0.0284 e. The van der Waals surface area contributed by atoms with Gasteiger partial charge in [-0.15, -0.1) is 0 Å². The molecule has 0 spiro atoms. The number of hydrogen-bond acceptors (Lipinski definition) is 2. The van der Waals surface area contributed by atoms with Crippen molar-refractivity contribution in [1.82, 2.24) is 5.43 Å². The molecule has 20 heavy (non-hydrogen) atoms. The molecule has 3 atom stereocenters. The van der Waals surface area contributed by atoms with Crippen molar-refractivity contribution in [2.45, 2.75) is 58.9 Å². The Hall–Kier alpha value is -0.860. The van der Waals surface area contributed by atoms with Crippen molar-refractivity contribution >= 4 is 0 Å². The van der Waals surface area contributed by atoms with Crippen LogP contribution >= 0.6 is 0 Å². The summed E-state index contributed by atoms with van der Waals surface area (Å²) < 4.78 is 0. The van der Waals surface area contributed by atoms with Crippen molar-refractivity contribution in [2.24, 2.45) is 23.6 Å². The molecule has 0 bridgehead atoms. The maximum absolute atomic E-state index is 5.90.